The van der Waals surface area contributed by atoms with Gasteiger partial charge in [0.1, 0.15) is 28.5 Å². The van der Waals surface area contributed by atoms with Crippen LogP contribution in [0.15, 0.2) is 54.7 Å². The molecule has 1 amide bonds. The van der Waals surface area contributed by atoms with E-state index in [1.54, 1.807) is 0 Å². The number of alkyl halides is 3. The number of rotatable bonds is 6. The zero-order valence-electron chi connectivity index (χ0n) is 16.2. The van der Waals surface area contributed by atoms with Crippen LogP contribution in [0.1, 0.15) is 27.8 Å². The Hall–Kier alpha value is -3.30. The Labute approximate surface area is 189 Å². The van der Waals surface area contributed by atoms with Crippen LogP contribution in [0.5, 0.6) is 17.2 Å². The van der Waals surface area contributed by atoms with E-state index in [9.17, 15) is 22.8 Å². The number of aromatic nitrogens is 1. The van der Waals surface area contributed by atoms with Crippen molar-refractivity contribution in [2.75, 3.05) is 5.32 Å². The summed E-state index contributed by atoms with van der Waals surface area (Å²) in [5, 5.41) is 2.73. The molecule has 0 fully saturated rings. The number of hydrogen-bond acceptors (Lipinski definition) is 5. The van der Waals surface area contributed by atoms with Gasteiger partial charge in [0.05, 0.1) is 5.02 Å². The summed E-state index contributed by atoms with van der Waals surface area (Å²) in [6, 6.07) is 10.1. The molecular weight excluding hydrogens is 472 g/mol. The van der Waals surface area contributed by atoms with Crippen LogP contribution < -0.4 is 14.8 Å². The van der Waals surface area contributed by atoms with Gasteiger partial charge in [-0.1, -0.05) is 23.2 Å². The Morgan fingerprint density at radius 2 is 1.66 bits per heavy atom. The van der Waals surface area contributed by atoms with Crippen molar-refractivity contribution >= 4 is 40.6 Å². The van der Waals surface area contributed by atoms with Gasteiger partial charge in [-0.25, -0.2) is 0 Å². The number of hydrogen-bond donors (Lipinski definition) is 1. The Morgan fingerprint density at radius 1 is 1.00 bits per heavy atom. The van der Waals surface area contributed by atoms with Gasteiger partial charge in [0.15, 0.2) is 5.78 Å². The number of pyridine rings is 1. The molecule has 6 nitrogen and oxygen atoms in total. The predicted molar refractivity (Wildman–Crippen MR) is 112 cm³/mol. The maximum absolute atomic E-state index is 12.9. The molecule has 1 N–H and O–H groups in total. The fourth-order valence-electron chi connectivity index (χ4n) is 2.58. The third-order valence-electron chi connectivity index (χ3n) is 3.91. The van der Waals surface area contributed by atoms with E-state index >= 15 is 0 Å². The predicted octanol–water partition coefficient (Wildman–Crippen LogP) is 6.53. The van der Waals surface area contributed by atoms with Gasteiger partial charge in [-0.3, -0.25) is 14.6 Å². The summed E-state index contributed by atoms with van der Waals surface area (Å²) in [4.78, 5) is 28.3. The van der Waals surface area contributed by atoms with E-state index in [0.29, 0.717) is 5.69 Å². The van der Waals surface area contributed by atoms with E-state index in [0.717, 1.165) is 12.1 Å². The number of ketones is 1. The van der Waals surface area contributed by atoms with Gasteiger partial charge in [-0.15, -0.1) is 13.2 Å². The molecule has 2 aromatic carbocycles. The van der Waals surface area contributed by atoms with Gasteiger partial charge in [-0.2, -0.15) is 0 Å². The number of ether oxygens (including phenoxy) is 2. The molecule has 3 rings (SSSR count). The van der Waals surface area contributed by atoms with Crippen molar-refractivity contribution in [1.29, 1.82) is 0 Å². The van der Waals surface area contributed by atoms with Crippen molar-refractivity contribution in [3.05, 3.63) is 76.0 Å². The van der Waals surface area contributed by atoms with Gasteiger partial charge in [0.2, 0.25) is 0 Å². The quantitative estimate of drug-likeness (QED) is 0.402. The van der Waals surface area contributed by atoms with E-state index < -0.39 is 18.0 Å². The normalized spacial score (nSPS) is 11.1. The first-order valence-corrected chi connectivity index (χ1v) is 9.58. The zero-order valence-corrected chi connectivity index (χ0v) is 17.7. The molecule has 0 bridgehead atoms. The smallest absolute Gasteiger partial charge is 0.456 e. The standard InChI is InChI=1S/C21H13Cl2F3N2O4/c1-11(29)17-10-13(6-7-27-17)28-20(30)19-16(23)8-12(22)9-18(19)31-14-2-4-15(5-3-14)32-21(24,25)26/h2-10H,1H3,(H,27,28,30). The van der Waals surface area contributed by atoms with Crippen molar-refractivity contribution in [1.82, 2.24) is 4.98 Å². The van der Waals surface area contributed by atoms with E-state index in [4.69, 9.17) is 27.9 Å². The number of amides is 1. The molecule has 0 saturated heterocycles. The van der Waals surface area contributed by atoms with Crippen LogP contribution in [0.3, 0.4) is 0 Å². The van der Waals surface area contributed by atoms with E-state index in [-0.39, 0.29) is 38.6 Å². The number of nitrogens with one attached hydrogen (secondary N) is 1. The highest BCUT2D eigenvalue weighted by atomic mass is 35.5. The Morgan fingerprint density at radius 3 is 2.28 bits per heavy atom. The molecule has 0 saturated carbocycles. The van der Waals surface area contributed by atoms with Crippen LogP contribution in [0.4, 0.5) is 18.9 Å². The van der Waals surface area contributed by atoms with Crippen molar-refractivity contribution in [2.45, 2.75) is 13.3 Å². The first-order valence-electron chi connectivity index (χ1n) is 8.83. The lowest BCUT2D eigenvalue weighted by atomic mass is 10.1. The zero-order chi connectivity index (χ0) is 23.5. The van der Waals surface area contributed by atoms with Gasteiger partial charge in [0.25, 0.3) is 5.91 Å². The van der Waals surface area contributed by atoms with Crippen LogP contribution >= 0.6 is 23.2 Å². The topological polar surface area (TPSA) is 77.5 Å². The molecule has 0 aliphatic carbocycles. The van der Waals surface area contributed by atoms with Crippen LogP contribution in [0.2, 0.25) is 10.0 Å². The molecule has 0 atom stereocenters. The van der Waals surface area contributed by atoms with Gasteiger partial charge in [0, 0.05) is 29.9 Å². The van der Waals surface area contributed by atoms with Crippen LogP contribution in [0, 0.1) is 0 Å². The molecule has 0 spiro atoms. The third kappa shape index (κ3) is 6.12. The lowest BCUT2D eigenvalue weighted by Gasteiger charge is -2.14. The summed E-state index contributed by atoms with van der Waals surface area (Å²) in [5.74, 6) is -1.32. The summed E-state index contributed by atoms with van der Waals surface area (Å²) in [5.41, 5.74) is 0.372. The van der Waals surface area contributed by atoms with Gasteiger partial charge >= 0.3 is 6.36 Å². The van der Waals surface area contributed by atoms with Gasteiger partial charge < -0.3 is 14.8 Å². The minimum atomic E-state index is -4.83. The van der Waals surface area contributed by atoms with Crippen LogP contribution in [-0.4, -0.2) is 23.0 Å². The maximum Gasteiger partial charge on any atom is 0.573 e. The molecule has 3 aromatic rings. The number of benzene rings is 2. The summed E-state index contributed by atoms with van der Waals surface area (Å²) in [6.45, 7) is 1.33. The highest BCUT2D eigenvalue weighted by Gasteiger charge is 2.31. The minimum Gasteiger partial charge on any atom is -0.456 e. The first kappa shape index (κ1) is 23.4. The SMILES string of the molecule is CC(=O)c1cc(NC(=O)c2c(Cl)cc(Cl)cc2Oc2ccc(OC(F)(F)F)cc2)ccn1. The monoisotopic (exact) mass is 484 g/mol. The van der Waals surface area contributed by atoms with E-state index in [1.807, 2.05) is 0 Å². The molecule has 1 aromatic heterocycles. The summed E-state index contributed by atoms with van der Waals surface area (Å²) >= 11 is 12.2. The molecule has 1 heterocycles. The van der Waals surface area contributed by atoms with Crippen molar-refractivity contribution < 1.29 is 32.2 Å². The highest BCUT2D eigenvalue weighted by molar-refractivity contribution is 6.37. The fourth-order valence-corrected chi connectivity index (χ4v) is 3.14. The summed E-state index contributed by atoms with van der Waals surface area (Å²) in [7, 11) is 0. The number of nitrogens with zero attached hydrogens (tertiary/aromatic N) is 1. The molecule has 0 aliphatic heterocycles. The third-order valence-corrected chi connectivity index (χ3v) is 4.43. The lowest BCUT2D eigenvalue weighted by molar-refractivity contribution is -0.274. The van der Waals surface area contributed by atoms with Crippen molar-refractivity contribution in [3.63, 3.8) is 0 Å². The van der Waals surface area contributed by atoms with E-state index in [2.05, 4.69) is 15.0 Å². The molecule has 166 valence electrons. The Balaban J connectivity index is 1.87. The lowest BCUT2D eigenvalue weighted by Crippen LogP contribution is -2.17. The van der Waals surface area contributed by atoms with Crippen molar-refractivity contribution in [3.8, 4) is 17.2 Å². The second-order valence-electron chi connectivity index (χ2n) is 6.32. The molecule has 11 heteroatoms. The highest BCUT2D eigenvalue weighted by Crippen LogP contribution is 2.35. The number of carbonyl (C=O) groups is 2. The number of Topliss-reactive ketones (excluding diaryl/α,β-unsaturated/α-hetero) is 1. The number of carbonyl (C=O) groups excluding carboxylic acids is 2. The van der Waals surface area contributed by atoms with Crippen LogP contribution in [0.25, 0.3) is 0 Å². The second kappa shape index (κ2) is 9.46. The largest absolute Gasteiger partial charge is 0.573 e. The minimum absolute atomic E-state index is 0.0251. The fraction of sp³-hybridized carbons (Fsp3) is 0.0952. The molecule has 0 aliphatic rings. The average Bonchev–Trinajstić information content (AvgIpc) is 2.68. The molecule has 0 unspecified atom stereocenters. The number of anilines is 1. The molecule has 0 radical (unpaired) electrons. The van der Waals surface area contributed by atoms with Crippen LogP contribution in [-0.2, 0) is 0 Å². The van der Waals surface area contributed by atoms with E-state index in [1.165, 1.54) is 49.5 Å². The molecule has 32 heavy (non-hydrogen) atoms. The number of halogens is 5. The average molecular weight is 485 g/mol. The Bertz CT molecular complexity index is 1170. The maximum atomic E-state index is 12.9. The van der Waals surface area contributed by atoms with Gasteiger partial charge in [-0.05, 0) is 42.5 Å². The summed E-state index contributed by atoms with van der Waals surface area (Å²) < 4.78 is 46.4. The van der Waals surface area contributed by atoms with Crippen molar-refractivity contribution in [2.24, 2.45) is 0 Å². The summed E-state index contributed by atoms with van der Waals surface area (Å²) in [6.07, 6.45) is -3.47. The second-order valence-corrected chi connectivity index (χ2v) is 7.17. The Kier molecular flexibility index (Phi) is 6.90. The first-order chi connectivity index (χ1) is 15.0. The molecular formula is C21H13Cl2F3N2O4.